The summed E-state index contributed by atoms with van der Waals surface area (Å²) in [6, 6.07) is 14.9. The summed E-state index contributed by atoms with van der Waals surface area (Å²) < 4.78 is 23.1. The zero-order chi connectivity index (χ0) is 19.4. The Morgan fingerprint density at radius 3 is 2.33 bits per heavy atom. The zero-order valence-electron chi connectivity index (χ0n) is 15.9. The van der Waals surface area contributed by atoms with Crippen molar-refractivity contribution < 1.29 is 13.2 Å². The number of rotatable bonds is 4. The van der Waals surface area contributed by atoms with Gasteiger partial charge in [-0.3, -0.25) is 4.79 Å². The lowest BCUT2D eigenvalue weighted by Crippen LogP contribution is -2.36. The van der Waals surface area contributed by atoms with Crippen molar-refractivity contribution in [1.29, 1.82) is 0 Å². The van der Waals surface area contributed by atoms with Crippen LogP contribution in [-0.2, 0) is 21.1 Å². The third kappa shape index (κ3) is 4.89. The molecule has 1 amide bonds. The summed E-state index contributed by atoms with van der Waals surface area (Å²) >= 11 is 0. The molecule has 0 aliphatic carbocycles. The molecule has 27 heavy (non-hydrogen) atoms. The van der Waals surface area contributed by atoms with Crippen molar-refractivity contribution in [2.45, 2.75) is 24.7 Å². The number of hydrogen-bond donors (Lipinski definition) is 0. The number of amides is 1. The topological polar surface area (TPSA) is 57.7 Å². The Hall–Kier alpha value is -2.34. The van der Waals surface area contributed by atoms with Gasteiger partial charge in [0.1, 0.15) is 0 Å². The first kappa shape index (κ1) is 19.4. The molecule has 0 radical (unpaired) electrons. The van der Waals surface area contributed by atoms with Gasteiger partial charge >= 0.3 is 0 Å². The second-order valence-corrected chi connectivity index (χ2v) is 9.12. The summed E-state index contributed by atoms with van der Waals surface area (Å²) in [4.78, 5) is 17.3. The number of carbonyl (C=O) groups excluding carboxylic acids is 1. The monoisotopic (exact) mass is 386 g/mol. The van der Waals surface area contributed by atoms with Gasteiger partial charge in [0.15, 0.2) is 9.84 Å². The van der Waals surface area contributed by atoms with Crippen LogP contribution >= 0.6 is 0 Å². The number of anilines is 1. The lowest BCUT2D eigenvalue weighted by molar-refractivity contribution is -0.130. The third-order valence-electron chi connectivity index (χ3n) is 5.01. The molecule has 0 saturated carbocycles. The Labute approximate surface area is 161 Å². The van der Waals surface area contributed by atoms with Crippen molar-refractivity contribution >= 4 is 21.4 Å². The predicted octanol–water partition coefficient (Wildman–Crippen LogP) is 2.68. The van der Waals surface area contributed by atoms with Gasteiger partial charge in [0, 0.05) is 38.1 Å². The van der Waals surface area contributed by atoms with Gasteiger partial charge in [-0.05, 0) is 42.7 Å². The largest absolute Gasteiger partial charge is 0.369 e. The standard InChI is InChI=1S/C21H26N2O3S/c1-17-6-3-4-7-20(17)22-12-5-13-23(15-14-22)21(24)16-18-8-10-19(11-9-18)27(2,25)26/h3-4,6-11H,5,12-16H2,1-2H3. The molecule has 2 aromatic carbocycles. The molecule has 1 fully saturated rings. The predicted molar refractivity (Wildman–Crippen MR) is 108 cm³/mol. The van der Waals surface area contributed by atoms with Crippen molar-refractivity contribution in [3.8, 4) is 0 Å². The number of hydrogen-bond acceptors (Lipinski definition) is 4. The molecule has 0 bridgehead atoms. The molecular weight excluding hydrogens is 360 g/mol. The normalized spacial score (nSPS) is 15.5. The fourth-order valence-electron chi connectivity index (χ4n) is 3.47. The summed E-state index contributed by atoms with van der Waals surface area (Å²) in [5.41, 5.74) is 3.33. The summed E-state index contributed by atoms with van der Waals surface area (Å²) in [6.07, 6.45) is 2.42. The van der Waals surface area contributed by atoms with Crippen LogP contribution in [0.25, 0.3) is 0 Å². The molecule has 1 saturated heterocycles. The molecule has 0 aromatic heterocycles. The van der Waals surface area contributed by atoms with Crippen LogP contribution in [0.1, 0.15) is 17.5 Å². The van der Waals surface area contributed by atoms with E-state index in [4.69, 9.17) is 0 Å². The number of carbonyl (C=O) groups is 1. The minimum atomic E-state index is -3.21. The summed E-state index contributed by atoms with van der Waals surface area (Å²) in [5.74, 6) is 0.0914. The molecule has 144 valence electrons. The fraction of sp³-hybridized carbons (Fsp3) is 0.381. The van der Waals surface area contributed by atoms with Crippen LogP contribution in [0.3, 0.4) is 0 Å². The van der Waals surface area contributed by atoms with Gasteiger partial charge in [-0.1, -0.05) is 30.3 Å². The average molecular weight is 387 g/mol. The Bertz CT molecular complexity index is 907. The molecule has 1 heterocycles. The van der Waals surface area contributed by atoms with Gasteiger partial charge in [0.05, 0.1) is 11.3 Å². The van der Waals surface area contributed by atoms with E-state index in [1.807, 2.05) is 11.0 Å². The van der Waals surface area contributed by atoms with E-state index in [0.717, 1.165) is 31.6 Å². The molecule has 0 spiro atoms. The first-order valence-electron chi connectivity index (χ1n) is 9.22. The minimum absolute atomic E-state index is 0.0914. The summed E-state index contributed by atoms with van der Waals surface area (Å²) in [7, 11) is -3.21. The van der Waals surface area contributed by atoms with Gasteiger partial charge < -0.3 is 9.80 Å². The van der Waals surface area contributed by atoms with Crippen LogP contribution in [0.2, 0.25) is 0 Å². The maximum absolute atomic E-state index is 12.7. The molecule has 5 nitrogen and oxygen atoms in total. The fourth-order valence-corrected chi connectivity index (χ4v) is 4.10. The van der Waals surface area contributed by atoms with E-state index in [1.165, 1.54) is 17.5 Å². The van der Waals surface area contributed by atoms with Crippen molar-refractivity contribution in [2.24, 2.45) is 0 Å². The Balaban J connectivity index is 1.62. The molecule has 1 aliphatic heterocycles. The summed E-state index contributed by atoms with van der Waals surface area (Å²) in [5, 5.41) is 0. The molecule has 1 aliphatic rings. The van der Waals surface area contributed by atoms with Gasteiger partial charge in [-0.15, -0.1) is 0 Å². The van der Waals surface area contributed by atoms with E-state index in [1.54, 1.807) is 24.3 Å². The van der Waals surface area contributed by atoms with Crippen LogP contribution in [0, 0.1) is 6.92 Å². The molecular formula is C21H26N2O3S. The molecule has 6 heteroatoms. The van der Waals surface area contributed by atoms with Crippen LogP contribution < -0.4 is 4.90 Å². The quantitative estimate of drug-likeness (QED) is 0.811. The van der Waals surface area contributed by atoms with Crippen molar-refractivity contribution in [3.63, 3.8) is 0 Å². The van der Waals surface area contributed by atoms with E-state index in [-0.39, 0.29) is 10.8 Å². The highest BCUT2D eigenvalue weighted by Gasteiger charge is 2.20. The maximum atomic E-state index is 12.7. The van der Waals surface area contributed by atoms with Crippen molar-refractivity contribution in [1.82, 2.24) is 4.90 Å². The van der Waals surface area contributed by atoms with E-state index in [9.17, 15) is 13.2 Å². The second kappa shape index (κ2) is 8.13. The molecule has 0 atom stereocenters. The molecule has 2 aromatic rings. The van der Waals surface area contributed by atoms with Crippen LogP contribution in [0.15, 0.2) is 53.4 Å². The van der Waals surface area contributed by atoms with Crippen molar-refractivity contribution in [3.05, 3.63) is 59.7 Å². The Kier molecular flexibility index (Phi) is 5.85. The number of sulfone groups is 1. The molecule has 0 unspecified atom stereocenters. The third-order valence-corrected chi connectivity index (χ3v) is 6.14. The van der Waals surface area contributed by atoms with Crippen molar-refractivity contribution in [2.75, 3.05) is 37.3 Å². The van der Waals surface area contributed by atoms with E-state index >= 15 is 0 Å². The summed E-state index contributed by atoms with van der Waals surface area (Å²) in [6.45, 7) is 5.34. The van der Waals surface area contributed by atoms with Gasteiger partial charge in [-0.25, -0.2) is 8.42 Å². The van der Waals surface area contributed by atoms with Crippen LogP contribution in [0.5, 0.6) is 0 Å². The zero-order valence-corrected chi connectivity index (χ0v) is 16.7. The highest BCUT2D eigenvalue weighted by molar-refractivity contribution is 7.90. The molecule has 0 N–H and O–H groups in total. The minimum Gasteiger partial charge on any atom is -0.369 e. The van der Waals surface area contributed by atoms with Gasteiger partial charge in [0.2, 0.25) is 5.91 Å². The lowest BCUT2D eigenvalue weighted by atomic mass is 10.1. The van der Waals surface area contributed by atoms with E-state index in [2.05, 4.69) is 30.0 Å². The maximum Gasteiger partial charge on any atom is 0.227 e. The first-order valence-corrected chi connectivity index (χ1v) is 11.1. The number of para-hydroxylation sites is 1. The lowest BCUT2D eigenvalue weighted by Gasteiger charge is -2.25. The highest BCUT2D eigenvalue weighted by atomic mass is 32.2. The number of aryl methyl sites for hydroxylation is 1. The first-order chi connectivity index (χ1) is 12.8. The average Bonchev–Trinajstić information content (AvgIpc) is 2.88. The number of benzene rings is 2. The Morgan fingerprint density at radius 2 is 1.67 bits per heavy atom. The van der Waals surface area contributed by atoms with E-state index in [0.29, 0.717) is 13.0 Å². The smallest absolute Gasteiger partial charge is 0.227 e. The Morgan fingerprint density at radius 1 is 0.963 bits per heavy atom. The van der Waals surface area contributed by atoms with Crippen LogP contribution in [0.4, 0.5) is 5.69 Å². The number of nitrogens with zero attached hydrogens (tertiary/aromatic N) is 2. The SMILES string of the molecule is Cc1ccccc1N1CCCN(C(=O)Cc2ccc(S(C)(=O)=O)cc2)CC1. The van der Waals surface area contributed by atoms with Gasteiger partial charge in [0.25, 0.3) is 0 Å². The molecule has 3 rings (SSSR count). The van der Waals surface area contributed by atoms with Gasteiger partial charge in [-0.2, -0.15) is 0 Å². The highest BCUT2D eigenvalue weighted by Crippen LogP contribution is 2.21. The van der Waals surface area contributed by atoms with E-state index < -0.39 is 9.84 Å². The second-order valence-electron chi connectivity index (χ2n) is 7.10. The van der Waals surface area contributed by atoms with Crippen LogP contribution in [-0.4, -0.2) is 51.7 Å².